The summed E-state index contributed by atoms with van der Waals surface area (Å²) in [5, 5.41) is 3.67. The number of anilines is 2. The molecule has 1 aromatic heterocycles. The number of benzene rings is 3. The van der Waals surface area contributed by atoms with Gasteiger partial charge in [-0.2, -0.15) is 0 Å². The van der Waals surface area contributed by atoms with Crippen molar-refractivity contribution in [3.63, 3.8) is 0 Å². The van der Waals surface area contributed by atoms with Crippen LogP contribution in [0.25, 0.3) is 6.08 Å². The van der Waals surface area contributed by atoms with Crippen LogP contribution >= 0.6 is 0 Å². The summed E-state index contributed by atoms with van der Waals surface area (Å²) >= 11 is 0. The summed E-state index contributed by atoms with van der Waals surface area (Å²) in [7, 11) is 0.584. The van der Waals surface area contributed by atoms with E-state index in [1.807, 2.05) is 30.3 Å². The van der Waals surface area contributed by atoms with Crippen LogP contribution < -0.4 is 23.8 Å². The molecule has 41 heavy (non-hydrogen) atoms. The molecule has 0 spiro atoms. The number of rotatable bonds is 9. The Labute approximate surface area is 236 Å². The Morgan fingerprint density at radius 2 is 1.56 bits per heavy atom. The van der Waals surface area contributed by atoms with Crippen LogP contribution in [0.5, 0.6) is 17.2 Å². The largest absolute Gasteiger partial charge is 0.493 e. The molecule has 1 aliphatic rings. The van der Waals surface area contributed by atoms with Crippen molar-refractivity contribution in [3.05, 3.63) is 95.4 Å². The van der Waals surface area contributed by atoms with Crippen LogP contribution in [0, 0.1) is 6.92 Å². The van der Waals surface area contributed by atoms with E-state index < -0.39 is 15.9 Å². The third-order valence-corrected chi connectivity index (χ3v) is 7.53. The zero-order chi connectivity index (χ0) is 29.1. The molecule has 210 valence electrons. The fourth-order valence-electron chi connectivity index (χ4n) is 4.27. The molecule has 12 heteroatoms. The van der Waals surface area contributed by atoms with Gasteiger partial charge < -0.3 is 18.7 Å². The molecule has 0 atom stereocenters. The number of aromatic nitrogens is 1. The van der Waals surface area contributed by atoms with Crippen LogP contribution in [0.4, 0.5) is 11.5 Å². The molecule has 0 radical (unpaired) electrons. The third-order valence-electron chi connectivity index (χ3n) is 6.15. The fraction of sp³-hybridized carbons (Fsp3) is 0.138. The smallest absolute Gasteiger partial charge is 0.282 e. The van der Waals surface area contributed by atoms with Crippen LogP contribution in [0.2, 0.25) is 0 Å². The van der Waals surface area contributed by atoms with E-state index in [1.54, 1.807) is 37.3 Å². The van der Waals surface area contributed by atoms with Crippen molar-refractivity contribution in [2.24, 2.45) is 4.99 Å². The predicted molar refractivity (Wildman–Crippen MR) is 153 cm³/mol. The molecule has 11 nitrogen and oxygen atoms in total. The second kappa shape index (κ2) is 11.2. The van der Waals surface area contributed by atoms with Crippen molar-refractivity contribution < 1.29 is 31.9 Å². The van der Waals surface area contributed by atoms with Gasteiger partial charge in [0.1, 0.15) is 17.3 Å². The van der Waals surface area contributed by atoms with Crippen molar-refractivity contribution in [3.8, 4) is 17.2 Å². The summed E-state index contributed by atoms with van der Waals surface area (Å²) in [5.41, 5.74) is 1.91. The van der Waals surface area contributed by atoms with Gasteiger partial charge in [0.05, 0.1) is 31.9 Å². The van der Waals surface area contributed by atoms with E-state index in [0.717, 1.165) is 0 Å². The molecule has 0 saturated heterocycles. The highest BCUT2D eigenvalue weighted by Gasteiger charge is 2.33. The first kappa shape index (κ1) is 27.5. The summed E-state index contributed by atoms with van der Waals surface area (Å²) in [6.07, 6.45) is 1.62. The second-order valence-corrected chi connectivity index (χ2v) is 10.5. The number of aryl methyl sites for hydroxylation is 1. The summed E-state index contributed by atoms with van der Waals surface area (Å²) in [6, 6.07) is 20.0. The number of amidine groups is 1. The first-order chi connectivity index (χ1) is 19.7. The van der Waals surface area contributed by atoms with E-state index in [1.165, 1.54) is 44.4 Å². The van der Waals surface area contributed by atoms with Crippen LogP contribution in [-0.2, 0) is 14.8 Å². The van der Waals surface area contributed by atoms with Gasteiger partial charge in [0.2, 0.25) is 5.75 Å². The van der Waals surface area contributed by atoms with Gasteiger partial charge >= 0.3 is 0 Å². The number of ether oxygens (including phenoxy) is 3. The number of nitrogens with zero attached hydrogens (tertiary/aromatic N) is 3. The molecular weight excluding hydrogens is 548 g/mol. The highest BCUT2D eigenvalue weighted by molar-refractivity contribution is 7.92. The van der Waals surface area contributed by atoms with Crippen molar-refractivity contribution in [2.75, 3.05) is 31.0 Å². The highest BCUT2D eigenvalue weighted by atomic mass is 32.2. The lowest BCUT2D eigenvalue weighted by Gasteiger charge is -2.19. The van der Waals surface area contributed by atoms with Crippen molar-refractivity contribution in [1.82, 2.24) is 5.16 Å². The maximum Gasteiger partial charge on any atom is 0.282 e. The zero-order valence-electron chi connectivity index (χ0n) is 22.6. The van der Waals surface area contributed by atoms with Crippen LogP contribution in [0.15, 0.2) is 92.9 Å². The molecule has 0 unspecified atom stereocenters. The Hall–Kier alpha value is -5.10. The Balaban J connectivity index is 1.52. The Morgan fingerprint density at radius 1 is 0.902 bits per heavy atom. The zero-order valence-corrected chi connectivity index (χ0v) is 23.4. The molecule has 1 amide bonds. The summed E-state index contributed by atoms with van der Waals surface area (Å²) in [6.45, 7) is 1.66. The minimum atomic E-state index is -3.94. The average Bonchev–Trinajstić information content (AvgIpc) is 3.54. The Morgan fingerprint density at radius 3 is 2.12 bits per heavy atom. The number of sulfonamides is 1. The van der Waals surface area contributed by atoms with E-state index in [4.69, 9.17) is 18.7 Å². The lowest BCUT2D eigenvalue weighted by molar-refractivity contribution is -0.113. The SMILES string of the molecule is COc1cc(/C=C2/N=C(c3ccccc3)N(c3ccc(S(=O)(=O)Nc4cc(C)on4)cc3)C2=O)cc(OC)c1OC. The normalized spacial score (nSPS) is 14.2. The molecule has 1 N–H and O–H groups in total. The highest BCUT2D eigenvalue weighted by Crippen LogP contribution is 2.39. The molecule has 2 heterocycles. The maximum atomic E-state index is 13.8. The minimum absolute atomic E-state index is 0.0139. The number of nitrogens with one attached hydrogen (secondary N) is 1. The molecule has 1 aliphatic heterocycles. The van der Waals surface area contributed by atoms with E-state index in [-0.39, 0.29) is 16.4 Å². The van der Waals surface area contributed by atoms with Gasteiger partial charge in [0, 0.05) is 11.6 Å². The van der Waals surface area contributed by atoms with Gasteiger partial charge in [0.25, 0.3) is 15.9 Å². The lowest BCUT2D eigenvalue weighted by atomic mass is 10.1. The number of carbonyl (C=O) groups is 1. The van der Waals surface area contributed by atoms with Crippen molar-refractivity contribution >= 4 is 39.3 Å². The van der Waals surface area contributed by atoms with E-state index in [9.17, 15) is 13.2 Å². The number of aliphatic imine (C=N–C) groups is 1. The first-order valence-electron chi connectivity index (χ1n) is 12.3. The third kappa shape index (κ3) is 5.50. The standard InChI is InChI=1S/C29H26N4O7S/c1-18-14-26(31-40-18)32-41(35,36)22-12-10-21(11-13-22)33-28(20-8-6-5-7-9-20)30-23(29(33)34)15-19-16-24(37-2)27(39-4)25(17-19)38-3/h5-17H,1-4H3,(H,31,32)/b23-15+. The Bertz CT molecular complexity index is 1740. The molecule has 4 aromatic rings. The average molecular weight is 575 g/mol. The van der Waals surface area contributed by atoms with E-state index >= 15 is 0 Å². The van der Waals surface area contributed by atoms with Gasteiger partial charge in [0.15, 0.2) is 17.3 Å². The van der Waals surface area contributed by atoms with E-state index in [2.05, 4.69) is 14.9 Å². The Kier molecular flexibility index (Phi) is 7.49. The van der Waals surface area contributed by atoms with Crippen LogP contribution in [-0.4, -0.2) is 46.6 Å². The van der Waals surface area contributed by atoms with Gasteiger partial charge in [-0.3, -0.25) is 14.4 Å². The molecule has 0 bridgehead atoms. The number of amides is 1. The molecule has 0 aliphatic carbocycles. The monoisotopic (exact) mass is 574 g/mol. The number of hydrogen-bond acceptors (Lipinski definition) is 9. The van der Waals surface area contributed by atoms with Gasteiger partial charge in [-0.25, -0.2) is 13.4 Å². The van der Waals surface area contributed by atoms with Crippen molar-refractivity contribution in [2.45, 2.75) is 11.8 Å². The summed E-state index contributed by atoms with van der Waals surface area (Å²) in [5.74, 6) is 1.81. The topological polar surface area (TPSA) is 133 Å². The predicted octanol–water partition coefficient (Wildman–Crippen LogP) is 4.64. The molecule has 3 aromatic carbocycles. The minimum Gasteiger partial charge on any atom is -0.493 e. The fourth-order valence-corrected chi connectivity index (χ4v) is 5.25. The lowest BCUT2D eigenvalue weighted by Crippen LogP contribution is -2.32. The first-order valence-corrected chi connectivity index (χ1v) is 13.8. The molecule has 0 fully saturated rings. The molecule has 5 rings (SSSR count). The molecular formula is C29H26N4O7S. The van der Waals surface area contributed by atoms with Gasteiger partial charge in [-0.1, -0.05) is 35.5 Å². The molecule has 0 saturated carbocycles. The maximum absolute atomic E-state index is 13.8. The van der Waals surface area contributed by atoms with Crippen LogP contribution in [0.3, 0.4) is 0 Å². The quantitative estimate of drug-likeness (QED) is 0.286. The number of hydrogen-bond donors (Lipinski definition) is 1. The van der Waals surface area contributed by atoms with Crippen molar-refractivity contribution in [1.29, 1.82) is 0 Å². The van der Waals surface area contributed by atoms with Gasteiger partial charge in [-0.05, 0) is 55.0 Å². The van der Waals surface area contributed by atoms with Crippen LogP contribution in [0.1, 0.15) is 16.9 Å². The van der Waals surface area contributed by atoms with Gasteiger partial charge in [-0.15, -0.1) is 0 Å². The summed E-state index contributed by atoms with van der Waals surface area (Å²) < 4.78 is 49.3. The number of methoxy groups -OCH3 is 3. The van der Waals surface area contributed by atoms with E-state index in [0.29, 0.717) is 45.7 Å². The second-order valence-electron chi connectivity index (χ2n) is 8.85. The number of carbonyl (C=O) groups excluding carboxylic acids is 1. The summed E-state index contributed by atoms with van der Waals surface area (Å²) in [4.78, 5) is 19.8.